The average molecular weight is 399 g/mol. The number of nitrogens with one attached hydrogen (secondary N) is 2. The molecule has 1 aliphatic heterocycles. The average Bonchev–Trinajstić information content (AvgIpc) is 2.74. The number of hydrogen-bond acceptors (Lipinski definition) is 4. The van der Waals surface area contributed by atoms with Gasteiger partial charge in [0.05, 0.1) is 18.8 Å². The largest absolute Gasteiger partial charge is 0.465 e. The molecule has 2 atom stereocenters. The van der Waals surface area contributed by atoms with Crippen LogP contribution in [0.15, 0.2) is 48.5 Å². The summed E-state index contributed by atoms with van der Waals surface area (Å²) in [5.74, 6) is -0.276. The van der Waals surface area contributed by atoms with Gasteiger partial charge in [-0.05, 0) is 67.6 Å². The van der Waals surface area contributed by atoms with Gasteiger partial charge in [0.2, 0.25) is 0 Å². The van der Waals surface area contributed by atoms with Gasteiger partial charge < -0.3 is 10.1 Å². The lowest BCUT2D eigenvalue weighted by Crippen LogP contribution is -2.53. The fourth-order valence-corrected chi connectivity index (χ4v) is 3.57. The molecule has 1 heterocycles. The van der Waals surface area contributed by atoms with E-state index in [-0.39, 0.29) is 18.0 Å². The van der Waals surface area contributed by atoms with Crippen molar-refractivity contribution in [2.45, 2.75) is 25.4 Å². The zero-order chi connectivity index (χ0) is 20.8. The smallest absolute Gasteiger partial charge is 0.337 e. The van der Waals surface area contributed by atoms with Gasteiger partial charge in [0, 0.05) is 12.7 Å². The number of nitrogens with zero attached hydrogens (tertiary/aromatic N) is 1. The van der Waals surface area contributed by atoms with Crippen LogP contribution in [0.25, 0.3) is 0 Å². The summed E-state index contributed by atoms with van der Waals surface area (Å²) in [6, 6.07) is 13.1. The Hall–Kier alpha value is -2.93. The van der Waals surface area contributed by atoms with Crippen molar-refractivity contribution in [1.82, 2.24) is 10.6 Å². The standard InChI is InChI=1S/C22H26FN3O3/c1-26(19-5-3-4-17(14-19)21(27)29-2)22(28)25-20-13-16(10-11-24-20)12-15-6-8-18(23)9-7-15/h3-9,14,16,20,24H,10-13H2,1-2H3,(H,25,28)/t16-,20-/m1/s1. The Labute approximate surface area is 170 Å². The molecule has 2 aromatic rings. The minimum Gasteiger partial charge on any atom is -0.465 e. The van der Waals surface area contributed by atoms with Crippen LogP contribution >= 0.6 is 0 Å². The first-order chi connectivity index (χ1) is 14.0. The van der Waals surface area contributed by atoms with Crippen LogP contribution in [0.5, 0.6) is 0 Å². The SMILES string of the molecule is COC(=O)c1cccc(N(C)C(=O)N[C@@H]2C[C@@H](Cc3ccc(F)cc3)CCN2)c1. The molecule has 1 aliphatic rings. The maximum atomic E-state index is 13.1. The van der Waals surface area contributed by atoms with Crippen LogP contribution in [0.1, 0.15) is 28.8 Å². The third-order valence-corrected chi connectivity index (χ3v) is 5.21. The maximum absolute atomic E-state index is 13.1. The van der Waals surface area contributed by atoms with Crippen LogP contribution < -0.4 is 15.5 Å². The number of carbonyl (C=O) groups is 2. The summed E-state index contributed by atoms with van der Waals surface area (Å²) in [6.07, 6.45) is 2.50. The monoisotopic (exact) mass is 399 g/mol. The lowest BCUT2D eigenvalue weighted by molar-refractivity contribution is 0.0600. The van der Waals surface area contributed by atoms with E-state index in [1.807, 2.05) is 12.1 Å². The van der Waals surface area contributed by atoms with Crippen LogP contribution in [0.4, 0.5) is 14.9 Å². The molecule has 29 heavy (non-hydrogen) atoms. The lowest BCUT2D eigenvalue weighted by Gasteiger charge is -2.32. The Bertz CT molecular complexity index is 857. The molecule has 0 radical (unpaired) electrons. The van der Waals surface area contributed by atoms with Crippen molar-refractivity contribution in [2.24, 2.45) is 5.92 Å². The molecule has 2 amide bonds. The maximum Gasteiger partial charge on any atom is 0.337 e. The van der Waals surface area contributed by atoms with Crippen molar-refractivity contribution in [3.8, 4) is 0 Å². The van der Waals surface area contributed by atoms with Gasteiger partial charge in [-0.2, -0.15) is 0 Å². The predicted molar refractivity (Wildman–Crippen MR) is 109 cm³/mol. The third-order valence-electron chi connectivity index (χ3n) is 5.21. The van der Waals surface area contributed by atoms with Crippen LogP contribution in [-0.4, -0.2) is 38.9 Å². The van der Waals surface area contributed by atoms with Gasteiger partial charge in [-0.15, -0.1) is 0 Å². The van der Waals surface area contributed by atoms with Crippen LogP contribution in [0.2, 0.25) is 0 Å². The molecule has 0 bridgehead atoms. The second-order valence-corrected chi connectivity index (χ2v) is 7.28. The molecule has 7 heteroatoms. The molecular formula is C22H26FN3O3. The van der Waals surface area contributed by atoms with E-state index in [0.29, 0.717) is 17.2 Å². The highest BCUT2D eigenvalue weighted by atomic mass is 19.1. The summed E-state index contributed by atoms with van der Waals surface area (Å²) in [6.45, 7) is 0.804. The van der Waals surface area contributed by atoms with Gasteiger partial charge in [0.1, 0.15) is 5.82 Å². The molecule has 0 saturated carbocycles. The van der Waals surface area contributed by atoms with Gasteiger partial charge in [-0.1, -0.05) is 18.2 Å². The summed E-state index contributed by atoms with van der Waals surface area (Å²) < 4.78 is 17.8. The summed E-state index contributed by atoms with van der Waals surface area (Å²) in [7, 11) is 2.98. The number of benzene rings is 2. The number of amides is 2. The van der Waals surface area contributed by atoms with Crippen molar-refractivity contribution in [2.75, 3.05) is 25.6 Å². The summed E-state index contributed by atoms with van der Waals surface area (Å²) in [5, 5.41) is 6.33. The molecule has 1 fully saturated rings. The molecule has 0 spiro atoms. The quantitative estimate of drug-likeness (QED) is 0.757. The van der Waals surface area contributed by atoms with Crippen LogP contribution in [0, 0.1) is 11.7 Å². The molecule has 6 nitrogen and oxygen atoms in total. The molecule has 2 aromatic carbocycles. The number of urea groups is 1. The van der Waals surface area contributed by atoms with E-state index in [0.717, 1.165) is 31.4 Å². The highest BCUT2D eigenvalue weighted by Gasteiger charge is 2.24. The number of hydrogen-bond donors (Lipinski definition) is 2. The van der Waals surface area contributed by atoms with Gasteiger partial charge in [0.25, 0.3) is 0 Å². The van der Waals surface area contributed by atoms with Gasteiger partial charge in [-0.3, -0.25) is 10.2 Å². The minimum atomic E-state index is -0.446. The number of methoxy groups -OCH3 is 1. The second-order valence-electron chi connectivity index (χ2n) is 7.28. The summed E-state index contributed by atoms with van der Waals surface area (Å²) >= 11 is 0. The Morgan fingerprint density at radius 3 is 2.72 bits per heavy atom. The number of anilines is 1. The van der Waals surface area contributed by atoms with E-state index in [1.54, 1.807) is 31.3 Å². The van der Waals surface area contributed by atoms with Crippen molar-refractivity contribution in [3.05, 3.63) is 65.5 Å². The Kier molecular flexibility index (Phi) is 6.82. The van der Waals surface area contributed by atoms with Crippen LogP contribution in [-0.2, 0) is 11.2 Å². The molecule has 154 valence electrons. The number of piperidine rings is 1. The highest BCUT2D eigenvalue weighted by molar-refractivity contribution is 5.95. The fraction of sp³-hybridized carbons (Fsp3) is 0.364. The Morgan fingerprint density at radius 1 is 1.24 bits per heavy atom. The first kappa shape index (κ1) is 20.8. The molecule has 3 rings (SSSR count). The second kappa shape index (κ2) is 9.52. The predicted octanol–water partition coefficient (Wildman–Crippen LogP) is 3.33. The molecule has 0 unspecified atom stereocenters. The summed E-state index contributed by atoms with van der Waals surface area (Å²) in [4.78, 5) is 25.9. The number of esters is 1. The molecule has 0 aromatic heterocycles. The van der Waals surface area contributed by atoms with E-state index < -0.39 is 5.97 Å². The van der Waals surface area contributed by atoms with Crippen molar-refractivity contribution < 1.29 is 18.7 Å². The molecule has 1 saturated heterocycles. The van der Waals surface area contributed by atoms with Crippen molar-refractivity contribution >= 4 is 17.7 Å². The van der Waals surface area contributed by atoms with E-state index in [2.05, 4.69) is 10.6 Å². The first-order valence-electron chi connectivity index (χ1n) is 9.66. The Balaban J connectivity index is 1.58. The number of carbonyl (C=O) groups excluding carboxylic acids is 2. The summed E-state index contributed by atoms with van der Waals surface area (Å²) in [5.41, 5.74) is 2.09. The minimum absolute atomic E-state index is 0.145. The van der Waals surface area contributed by atoms with E-state index in [9.17, 15) is 14.0 Å². The highest BCUT2D eigenvalue weighted by Crippen LogP contribution is 2.21. The van der Waals surface area contributed by atoms with E-state index in [4.69, 9.17) is 4.74 Å². The van der Waals surface area contributed by atoms with Crippen LogP contribution in [0.3, 0.4) is 0 Å². The lowest BCUT2D eigenvalue weighted by atomic mass is 9.89. The van der Waals surface area contributed by atoms with Gasteiger partial charge in [-0.25, -0.2) is 14.0 Å². The number of halogens is 1. The van der Waals surface area contributed by atoms with E-state index >= 15 is 0 Å². The molecule has 0 aliphatic carbocycles. The van der Waals surface area contributed by atoms with Gasteiger partial charge >= 0.3 is 12.0 Å². The van der Waals surface area contributed by atoms with Crippen molar-refractivity contribution in [1.29, 1.82) is 0 Å². The topological polar surface area (TPSA) is 70.7 Å². The number of rotatable bonds is 5. The number of ether oxygens (including phenoxy) is 1. The normalized spacial score (nSPS) is 18.7. The zero-order valence-corrected chi connectivity index (χ0v) is 16.7. The molecular weight excluding hydrogens is 373 g/mol. The molecule has 2 N–H and O–H groups in total. The van der Waals surface area contributed by atoms with E-state index in [1.165, 1.54) is 24.1 Å². The third kappa shape index (κ3) is 5.54. The fourth-order valence-electron chi connectivity index (χ4n) is 3.57. The van der Waals surface area contributed by atoms with Gasteiger partial charge in [0.15, 0.2) is 0 Å². The zero-order valence-electron chi connectivity index (χ0n) is 16.7. The van der Waals surface area contributed by atoms with Crippen molar-refractivity contribution in [3.63, 3.8) is 0 Å². The first-order valence-corrected chi connectivity index (χ1v) is 9.66. The Morgan fingerprint density at radius 2 is 2.00 bits per heavy atom.